The Balaban J connectivity index is 2.15. The molecule has 1 heterocycles. The fourth-order valence-electron chi connectivity index (χ4n) is 1.46. The summed E-state index contributed by atoms with van der Waals surface area (Å²) in [4.78, 5) is 0. The van der Waals surface area contributed by atoms with Gasteiger partial charge in [-0.05, 0) is 41.1 Å². The van der Waals surface area contributed by atoms with Crippen molar-refractivity contribution >= 4 is 27.3 Å². The van der Waals surface area contributed by atoms with Crippen molar-refractivity contribution in [3.8, 4) is 0 Å². The minimum absolute atomic E-state index is 0.193. The Bertz CT molecular complexity index is 467. The largest absolute Gasteiger partial charge is 0.399 e. The standard InChI is InChI=1S/C11H13BrN4/c1-7(8-5-14-15-6-8)16-11-3-2-9(13)4-10(11)12/h2-7,16H,13H2,1H3,(H,14,15). The van der Waals surface area contributed by atoms with Gasteiger partial charge >= 0.3 is 0 Å². The van der Waals surface area contributed by atoms with Gasteiger partial charge in [-0.1, -0.05) is 0 Å². The number of hydrogen-bond acceptors (Lipinski definition) is 3. The highest BCUT2D eigenvalue weighted by Crippen LogP contribution is 2.27. The van der Waals surface area contributed by atoms with Crippen molar-refractivity contribution in [1.82, 2.24) is 10.2 Å². The molecule has 0 bridgehead atoms. The third kappa shape index (κ3) is 2.36. The molecule has 0 saturated heterocycles. The van der Waals surface area contributed by atoms with E-state index in [0.29, 0.717) is 0 Å². The summed E-state index contributed by atoms with van der Waals surface area (Å²) in [5, 5.41) is 10.1. The van der Waals surface area contributed by atoms with Gasteiger partial charge in [0.1, 0.15) is 0 Å². The van der Waals surface area contributed by atoms with Crippen LogP contribution < -0.4 is 11.1 Å². The van der Waals surface area contributed by atoms with Crippen LogP contribution >= 0.6 is 15.9 Å². The van der Waals surface area contributed by atoms with E-state index in [1.807, 2.05) is 30.6 Å². The maximum atomic E-state index is 5.68. The fourth-order valence-corrected chi connectivity index (χ4v) is 1.97. The summed E-state index contributed by atoms with van der Waals surface area (Å²) < 4.78 is 0.961. The summed E-state index contributed by atoms with van der Waals surface area (Å²) in [6.07, 6.45) is 3.69. The second kappa shape index (κ2) is 4.57. The number of halogens is 1. The number of nitrogens with zero attached hydrogens (tertiary/aromatic N) is 1. The quantitative estimate of drug-likeness (QED) is 0.758. The zero-order chi connectivity index (χ0) is 11.5. The molecule has 1 unspecified atom stereocenters. The zero-order valence-electron chi connectivity index (χ0n) is 8.87. The number of anilines is 2. The topological polar surface area (TPSA) is 66.7 Å². The molecule has 0 aliphatic carbocycles. The average molecular weight is 281 g/mol. The van der Waals surface area contributed by atoms with Crippen molar-refractivity contribution in [3.05, 3.63) is 40.6 Å². The van der Waals surface area contributed by atoms with Crippen LogP contribution in [0.3, 0.4) is 0 Å². The van der Waals surface area contributed by atoms with Crippen molar-refractivity contribution in [1.29, 1.82) is 0 Å². The Kier molecular flexibility index (Phi) is 3.14. The molecular formula is C11H13BrN4. The summed E-state index contributed by atoms with van der Waals surface area (Å²) in [5.41, 5.74) is 8.56. The van der Waals surface area contributed by atoms with E-state index in [4.69, 9.17) is 5.73 Å². The van der Waals surface area contributed by atoms with E-state index in [2.05, 4.69) is 38.4 Å². The van der Waals surface area contributed by atoms with Crippen molar-refractivity contribution in [2.24, 2.45) is 0 Å². The van der Waals surface area contributed by atoms with E-state index in [9.17, 15) is 0 Å². The molecule has 0 saturated carbocycles. The molecule has 5 heteroatoms. The van der Waals surface area contributed by atoms with Crippen LogP contribution in [-0.2, 0) is 0 Å². The number of nitrogens with two attached hydrogens (primary N) is 1. The highest BCUT2D eigenvalue weighted by Gasteiger charge is 2.08. The minimum Gasteiger partial charge on any atom is -0.399 e. The number of aromatic nitrogens is 2. The van der Waals surface area contributed by atoms with E-state index in [-0.39, 0.29) is 6.04 Å². The van der Waals surface area contributed by atoms with Gasteiger partial charge in [0.15, 0.2) is 0 Å². The molecule has 0 fully saturated rings. The van der Waals surface area contributed by atoms with E-state index in [1.54, 1.807) is 0 Å². The van der Waals surface area contributed by atoms with Crippen molar-refractivity contribution in [3.63, 3.8) is 0 Å². The first-order valence-electron chi connectivity index (χ1n) is 4.97. The molecule has 4 N–H and O–H groups in total. The van der Waals surface area contributed by atoms with Crippen LogP contribution in [0.5, 0.6) is 0 Å². The summed E-state index contributed by atoms with van der Waals surface area (Å²) in [6.45, 7) is 2.08. The van der Waals surface area contributed by atoms with Crippen LogP contribution in [0.2, 0.25) is 0 Å². The number of H-pyrrole nitrogens is 1. The first-order valence-corrected chi connectivity index (χ1v) is 5.76. The Morgan fingerprint density at radius 3 is 2.94 bits per heavy atom. The number of benzene rings is 1. The normalized spacial score (nSPS) is 12.4. The van der Waals surface area contributed by atoms with Crippen LogP contribution in [0.4, 0.5) is 11.4 Å². The van der Waals surface area contributed by atoms with Gasteiger partial charge in [0.2, 0.25) is 0 Å². The molecule has 0 aliphatic rings. The van der Waals surface area contributed by atoms with Crippen LogP contribution in [0.25, 0.3) is 0 Å². The Labute approximate surface area is 102 Å². The highest BCUT2D eigenvalue weighted by molar-refractivity contribution is 9.10. The molecule has 0 aliphatic heterocycles. The van der Waals surface area contributed by atoms with Crippen LogP contribution in [-0.4, -0.2) is 10.2 Å². The van der Waals surface area contributed by atoms with E-state index < -0.39 is 0 Å². The lowest BCUT2D eigenvalue weighted by atomic mass is 10.2. The maximum absolute atomic E-state index is 5.68. The summed E-state index contributed by atoms with van der Waals surface area (Å²) in [6, 6.07) is 5.90. The molecule has 0 spiro atoms. The van der Waals surface area contributed by atoms with Gasteiger partial charge in [0, 0.05) is 27.6 Å². The van der Waals surface area contributed by atoms with Crippen molar-refractivity contribution in [2.75, 3.05) is 11.1 Å². The Morgan fingerprint density at radius 1 is 1.50 bits per heavy atom. The van der Waals surface area contributed by atoms with Crippen LogP contribution in [0.1, 0.15) is 18.5 Å². The van der Waals surface area contributed by atoms with E-state index in [0.717, 1.165) is 21.4 Å². The third-order valence-electron chi connectivity index (χ3n) is 2.38. The molecule has 0 amide bonds. The highest BCUT2D eigenvalue weighted by atomic mass is 79.9. The molecule has 2 aromatic rings. The van der Waals surface area contributed by atoms with Gasteiger partial charge in [0.05, 0.1) is 12.2 Å². The number of aromatic amines is 1. The summed E-state index contributed by atoms with van der Waals surface area (Å²) in [7, 11) is 0. The SMILES string of the molecule is CC(Nc1ccc(N)cc1Br)c1cn[nH]c1. The molecule has 1 atom stereocenters. The van der Waals surface area contributed by atoms with Gasteiger partial charge in [0.25, 0.3) is 0 Å². The lowest BCUT2D eigenvalue weighted by molar-refractivity contribution is 0.885. The van der Waals surface area contributed by atoms with Crippen molar-refractivity contribution in [2.45, 2.75) is 13.0 Å². The fraction of sp³-hybridized carbons (Fsp3) is 0.182. The number of hydrogen-bond donors (Lipinski definition) is 3. The average Bonchev–Trinajstić information content (AvgIpc) is 2.75. The molecule has 4 nitrogen and oxygen atoms in total. The predicted octanol–water partition coefficient (Wildman–Crippen LogP) is 2.93. The molecule has 16 heavy (non-hydrogen) atoms. The summed E-state index contributed by atoms with van der Waals surface area (Å²) >= 11 is 3.47. The van der Waals surface area contributed by atoms with Gasteiger partial charge in [-0.2, -0.15) is 5.10 Å². The van der Waals surface area contributed by atoms with Gasteiger partial charge in [-0.15, -0.1) is 0 Å². The second-order valence-corrected chi connectivity index (χ2v) is 4.49. The molecule has 1 aromatic carbocycles. The maximum Gasteiger partial charge on any atom is 0.0539 e. The first kappa shape index (κ1) is 11.0. The van der Waals surface area contributed by atoms with E-state index in [1.165, 1.54) is 0 Å². The molecule has 2 rings (SSSR count). The Hall–Kier alpha value is -1.49. The van der Waals surface area contributed by atoms with Crippen LogP contribution in [0, 0.1) is 0 Å². The second-order valence-electron chi connectivity index (χ2n) is 3.64. The number of rotatable bonds is 3. The minimum atomic E-state index is 0.193. The number of nitrogens with one attached hydrogen (secondary N) is 2. The number of nitrogen functional groups attached to an aromatic ring is 1. The van der Waals surface area contributed by atoms with Gasteiger partial charge in [-0.25, -0.2) is 0 Å². The third-order valence-corrected chi connectivity index (χ3v) is 3.04. The smallest absolute Gasteiger partial charge is 0.0539 e. The van der Waals surface area contributed by atoms with E-state index >= 15 is 0 Å². The lowest BCUT2D eigenvalue weighted by Gasteiger charge is -2.15. The van der Waals surface area contributed by atoms with Gasteiger partial charge in [-0.3, -0.25) is 5.10 Å². The monoisotopic (exact) mass is 280 g/mol. The van der Waals surface area contributed by atoms with Crippen LogP contribution in [0.15, 0.2) is 35.1 Å². The predicted molar refractivity (Wildman–Crippen MR) is 69.2 cm³/mol. The molecular weight excluding hydrogens is 268 g/mol. The Morgan fingerprint density at radius 2 is 2.31 bits per heavy atom. The van der Waals surface area contributed by atoms with Crippen molar-refractivity contribution < 1.29 is 0 Å². The zero-order valence-corrected chi connectivity index (χ0v) is 10.5. The van der Waals surface area contributed by atoms with Gasteiger partial charge < -0.3 is 11.1 Å². The molecule has 84 valence electrons. The molecule has 0 radical (unpaired) electrons. The lowest BCUT2D eigenvalue weighted by Crippen LogP contribution is -2.06. The summed E-state index contributed by atoms with van der Waals surface area (Å²) in [5.74, 6) is 0. The first-order chi connectivity index (χ1) is 7.66. The molecule has 1 aromatic heterocycles.